The minimum absolute atomic E-state index is 0.376. The third-order valence-corrected chi connectivity index (χ3v) is 5.98. The molecule has 8 heteroatoms. The van der Waals surface area contributed by atoms with Gasteiger partial charge in [0.1, 0.15) is 22.6 Å². The zero-order valence-corrected chi connectivity index (χ0v) is 15.9. The fraction of sp³-hybridized carbons (Fsp3) is 0.0526. The van der Waals surface area contributed by atoms with Gasteiger partial charge in [0.15, 0.2) is 0 Å². The fourth-order valence-electron chi connectivity index (χ4n) is 2.57. The van der Waals surface area contributed by atoms with E-state index >= 15 is 0 Å². The number of allylic oxidation sites excluding steroid dienone is 2. The molecular formula is C19H13N2O4PS. The summed E-state index contributed by atoms with van der Waals surface area (Å²) in [6.07, 6.45) is 3.46. The van der Waals surface area contributed by atoms with Crippen molar-refractivity contribution in [2.75, 3.05) is 0 Å². The Labute approximate surface area is 160 Å². The van der Waals surface area contributed by atoms with E-state index in [9.17, 15) is 9.83 Å². The number of oxime groups is 1. The molecule has 3 aliphatic rings. The number of hydrogen-bond donors (Lipinski definition) is 0. The third kappa shape index (κ3) is 3.63. The van der Waals surface area contributed by atoms with Crippen molar-refractivity contribution < 1.29 is 18.2 Å². The van der Waals surface area contributed by atoms with Crippen LogP contribution in [0.15, 0.2) is 70.7 Å². The van der Waals surface area contributed by atoms with E-state index in [1.807, 2.05) is 31.2 Å². The molecule has 6 nitrogen and oxygen atoms in total. The standard InChI is InChI=1S/C19H13N2O4PS/c1-13-4-2-3-5-16(13)17(12-20)18-10-11-19(27-18)21-25-26(22)23-14-6-7-15(24-26)9-8-14/h2-11H,1H3/b18-17-,21-19+. The summed E-state index contributed by atoms with van der Waals surface area (Å²) in [6, 6.07) is 16.5. The van der Waals surface area contributed by atoms with E-state index in [-0.39, 0.29) is 0 Å². The first-order valence-electron chi connectivity index (χ1n) is 7.99. The van der Waals surface area contributed by atoms with Gasteiger partial charge in [-0.25, -0.2) is 0 Å². The van der Waals surface area contributed by atoms with Crippen LogP contribution in [-0.4, -0.2) is 5.04 Å². The van der Waals surface area contributed by atoms with Gasteiger partial charge < -0.3 is 9.05 Å². The molecule has 0 fully saturated rings. The highest BCUT2D eigenvalue weighted by molar-refractivity contribution is 8.18. The quantitative estimate of drug-likeness (QED) is 0.390. The summed E-state index contributed by atoms with van der Waals surface area (Å²) in [4.78, 5) is 0.738. The average Bonchev–Trinajstić information content (AvgIpc) is 2.99. The second-order valence-corrected chi connectivity index (χ2v) is 8.20. The molecule has 0 unspecified atom stereocenters. The Morgan fingerprint density at radius 2 is 1.78 bits per heavy atom. The van der Waals surface area contributed by atoms with Gasteiger partial charge in [0.05, 0.1) is 5.57 Å². The number of phosphoric acid groups is 1. The Balaban J connectivity index is 1.54. The first-order valence-corrected chi connectivity index (χ1v) is 10.3. The molecule has 5 rings (SSSR count). The van der Waals surface area contributed by atoms with Crippen molar-refractivity contribution in [3.63, 3.8) is 0 Å². The lowest BCUT2D eigenvalue weighted by Gasteiger charge is -2.12. The lowest BCUT2D eigenvalue weighted by molar-refractivity contribution is 0.222. The van der Waals surface area contributed by atoms with Gasteiger partial charge in [-0.05, 0) is 54.5 Å². The van der Waals surface area contributed by atoms with Crippen LogP contribution in [0.25, 0.3) is 5.57 Å². The van der Waals surface area contributed by atoms with Crippen LogP contribution in [0.5, 0.6) is 11.5 Å². The number of benzene rings is 2. The van der Waals surface area contributed by atoms with Gasteiger partial charge in [0.2, 0.25) is 0 Å². The van der Waals surface area contributed by atoms with Crippen molar-refractivity contribution in [3.8, 4) is 17.6 Å². The molecule has 2 aromatic rings. The van der Waals surface area contributed by atoms with Crippen LogP contribution < -0.4 is 9.05 Å². The van der Waals surface area contributed by atoms with Gasteiger partial charge >= 0.3 is 7.82 Å². The molecule has 2 aromatic carbocycles. The van der Waals surface area contributed by atoms with E-state index in [4.69, 9.17) is 13.7 Å². The molecule has 134 valence electrons. The molecule has 3 aliphatic heterocycles. The molecule has 0 radical (unpaired) electrons. The maximum Gasteiger partial charge on any atom is 0.668 e. The van der Waals surface area contributed by atoms with Gasteiger partial charge in [-0.1, -0.05) is 41.2 Å². The molecule has 0 aromatic heterocycles. The van der Waals surface area contributed by atoms with Gasteiger partial charge in [-0.15, -0.1) is 0 Å². The summed E-state index contributed by atoms with van der Waals surface area (Å²) in [7, 11) is -3.89. The molecule has 0 aliphatic carbocycles. The van der Waals surface area contributed by atoms with Crippen LogP contribution in [0.2, 0.25) is 0 Å². The number of aryl methyl sites for hydroxylation is 1. The van der Waals surface area contributed by atoms with Crippen molar-refractivity contribution in [2.45, 2.75) is 6.92 Å². The highest BCUT2D eigenvalue weighted by Gasteiger charge is 2.35. The summed E-state index contributed by atoms with van der Waals surface area (Å²) in [5, 5.41) is 13.9. The Morgan fingerprint density at radius 1 is 1.11 bits per heavy atom. The van der Waals surface area contributed by atoms with Gasteiger partial charge in [0.25, 0.3) is 0 Å². The first-order chi connectivity index (χ1) is 13.1. The SMILES string of the molecule is Cc1ccccc1/C(C#N)=C1C=C/C(=N\OP2(=O)Oc3ccc(cc3)O2)S/1. The fourth-order valence-corrected chi connectivity index (χ4v) is 4.51. The molecule has 0 saturated carbocycles. The topological polar surface area (TPSA) is 80.9 Å². The summed E-state index contributed by atoms with van der Waals surface area (Å²) in [6.45, 7) is 1.95. The van der Waals surface area contributed by atoms with Gasteiger partial charge in [-0.2, -0.15) is 9.83 Å². The number of nitriles is 1. The maximum absolute atomic E-state index is 12.6. The van der Waals surface area contributed by atoms with Crippen molar-refractivity contribution in [1.82, 2.24) is 0 Å². The Kier molecular flexibility index (Phi) is 4.53. The molecular weight excluding hydrogens is 383 g/mol. The normalized spacial score (nSPS) is 19.8. The monoisotopic (exact) mass is 396 g/mol. The third-order valence-electron chi connectivity index (χ3n) is 3.85. The Hall–Kier alpha value is -2.94. The second-order valence-electron chi connectivity index (χ2n) is 5.71. The van der Waals surface area contributed by atoms with E-state index in [1.54, 1.807) is 36.4 Å². The highest BCUT2D eigenvalue weighted by Crippen LogP contribution is 2.53. The van der Waals surface area contributed by atoms with Crippen molar-refractivity contribution in [3.05, 3.63) is 76.7 Å². The number of fused-ring (bicyclic) bond motifs is 4. The van der Waals surface area contributed by atoms with E-state index < -0.39 is 7.82 Å². The zero-order chi connectivity index (χ0) is 18.9. The number of hydrogen-bond acceptors (Lipinski definition) is 7. The van der Waals surface area contributed by atoms with Crippen LogP contribution >= 0.6 is 19.6 Å². The maximum atomic E-state index is 12.6. The van der Waals surface area contributed by atoms with Gasteiger partial charge in [0, 0.05) is 4.91 Å². The van der Waals surface area contributed by atoms with E-state index in [0.29, 0.717) is 22.1 Å². The van der Waals surface area contributed by atoms with Gasteiger partial charge in [-0.3, -0.25) is 4.62 Å². The van der Waals surface area contributed by atoms with Crippen LogP contribution in [0.1, 0.15) is 11.1 Å². The van der Waals surface area contributed by atoms with Crippen LogP contribution in [0, 0.1) is 18.3 Å². The smallest absolute Gasteiger partial charge is 0.385 e. The van der Waals surface area contributed by atoms with Crippen LogP contribution in [0.3, 0.4) is 0 Å². The first kappa shape index (κ1) is 17.5. The molecule has 0 spiro atoms. The number of rotatable bonds is 3. The van der Waals surface area contributed by atoms with Crippen LogP contribution in [0.4, 0.5) is 0 Å². The lowest BCUT2D eigenvalue weighted by Crippen LogP contribution is -2.00. The summed E-state index contributed by atoms with van der Waals surface area (Å²) in [5.74, 6) is 0.752. The summed E-state index contributed by atoms with van der Waals surface area (Å²) in [5.41, 5.74) is 2.41. The molecule has 0 N–H and O–H groups in total. The molecule has 0 amide bonds. The predicted octanol–water partition coefficient (Wildman–Crippen LogP) is 5.44. The molecule has 3 heterocycles. The summed E-state index contributed by atoms with van der Waals surface area (Å²) < 4.78 is 28.2. The Morgan fingerprint density at radius 3 is 2.41 bits per heavy atom. The number of phosphoric ester groups is 1. The van der Waals surface area contributed by atoms with Crippen molar-refractivity contribution in [2.24, 2.45) is 5.16 Å². The van der Waals surface area contributed by atoms with E-state index in [0.717, 1.165) is 16.0 Å². The zero-order valence-electron chi connectivity index (χ0n) is 14.2. The average molecular weight is 396 g/mol. The predicted molar refractivity (Wildman–Crippen MR) is 104 cm³/mol. The number of nitrogens with zero attached hydrogens (tertiary/aromatic N) is 2. The lowest BCUT2D eigenvalue weighted by atomic mass is 10.0. The number of thioether (sulfide) groups is 1. The molecule has 0 atom stereocenters. The minimum atomic E-state index is -3.89. The Bertz CT molecular complexity index is 1050. The largest absolute Gasteiger partial charge is 0.668 e. The molecule has 27 heavy (non-hydrogen) atoms. The minimum Gasteiger partial charge on any atom is -0.385 e. The highest BCUT2D eigenvalue weighted by atomic mass is 32.2. The second kappa shape index (κ2) is 6.99. The molecule has 0 saturated heterocycles. The van der Waals surface area contributed by atoms with Crippen molar-refractivity contribution in [1.29, 1.82) is 5.26 Å². The molecule has 2 bridgehead atoms. The van der Waals surface area contributed by atoms with Crippen LogP contribution in [-0.2, 0) is 9.19 Å². The van der Waals surface area contributed by atoms with E-state index in [2.05, 4.69) is 11.2 Å². The van der Waals surface area contributed by atoms with Crippen molar-refractivity contribution >= 4 is 30.2 Å². The summed E-state index contributed by atoms with van der Waals surface area (Å²) >= 11 is 1.25. The van der Waals surface area contributed by atoms with E-state index in [1.165, 1.54) is 11.8 Å².